The van der Waals surface area contributed by atoms with E-state index in [1.165, 1.54) is 7.11 Å². The highest BCUT2D eigenvalue weighted by atomic mass is 16.8. The Morgan fingerprint density at radius 3 is 2.37 bits per heavy atom. The van der Waals surface area contributed by atoms with Gasteiger partial charge in [0, 0.05) is 7.11 Å². The van der Waals surface area contributed by atoms with Crippen molar-refractivity contribution >= 4 is 12.4 Å². The molecule has 1 unspecified atom stereocenters. The van der Waals surface area contributed by atoms with Crippen LogP contribution in [-0.2, 0) is 28.5 Å². The maximum atomic E-state index is 10.7. The lowest BCUT2D eigenvalue weighted by atomic mass is 10.1. The molecule has 8 heteroatoms. The molecule has 2 aliphatic heterocycles. The standard InChI is InChI=1S/C10H16O6.CH2O2/c1-10(2)15-7-5(4-6(11)12)14-9(13-3)8(7)16-10;2-1-3/h5,7-9H,4H2,1-3H3,(H,11,12);1H,(H,2,3)/t5-,7-,8-,9?;/m1./s1. The van der Waals surface area contributed by atoms with Crippen molar-refractivity contribution in [3.8, 4) is 0 Å². The molecule has 0 spiro atoms. The number of ether oxygens (including phenoxy) is 4. The predicted molar refractivity (Wildman–Crippen MR) is 60.4 cm³/mol. The van der Waals surface area contributed by atoms with Crippen molar-refractivity contribution in [2.24, 2.45) is 0 Å². The van der Waals surface area contributed by atoms with Crippen LogP contribution in [0.2, 0.25) is 0 Å². The molecule has 0 radical (unpaired) electrons. The first kappa shape index (κ1) is 15.8. The molecule has 2 saturated heterocycles. The van der Waals surface area contributed by atoms with E-state index in [2.05, 4.69) is 0 Å². The van der Waals surface area contributed by atoms with Crippen LogP contribution in [0.3, 0.4) is 0 Å². The average Bonchev–Trinajstić information content (AvgIpc) is 2.74. The zero-order valence-corrected chi connectivity index (χ0v) is 10.9. The van der Waals surface area contributed by atoms with Gasteiger partial charge in [0.2, 0.25) is 0 Å². The molecule has 0 amide bonds. The third-order valence-electron chi connectivity index (χ3n) is 2.72. The van der Waals surface area contributed by atoms with Gasteiger partial charge in [0.05, 0.1) is 6.42 Å². The molecule has 2 fully saturated rings. The Bertz CT molecular complexity index is 329. The minimum absolute atomic E-state index is 0.111. The maximum Gasteiger partial charge on any atom is 0.306 e. The highest BCUT2D eigenvalue weighted by Gasteiger charge is 2.55. The number of fused-ring (bicyclic) bond motifs is 1. The summed E-state index contributed by atoms with van der Waals surface area (Å²) < 4.78 is 21.8. The van der Waals surface area contributed by atoms with Crippen molar-refractivity contribution in [1.29, 1.82) is 0 Å². The summed E-state index contributed by atoms with van der Waals surface area (Å²) in [5, 5.41) is 15.7. The summed E-state index contributed by atoms with van der Waals surface area (Å²) in [5.41, 5.74) is 0. The van der Waals surface area contributed by atoms with Crippen LogP contribution < -0.4 is 0 Å². The molecule has 19 heavy (non-hydrogen) atoms. The summed E-state index contributed by atoms with van der Waals surface area (Å²) in [6, 6.07) is 0. The quantitative estimate of drug-likeness (QED) is 0.697. The lowest BCUT2D eigenvalue weighted by Gasteiger charge is -2.22. The molecular weight excluding hydrogens is 260 g/mol. The van der Waals surface area contributed by atoms with Gasteiger partial charge >= 0.3 is 5.97 Å². The van der Waals surface area contributed by atoms with Crippen molar-refractivity contribution in [3.05, 3.63) is 0 Å². The monoisotopic (exact) mass is 278 g/mol. The Kier molecular flexibility index (Phi) is 5.24. The second-order valence-electron chi connectivity index (χ2n) is 4.55. The van der Waals surface area contributed by atoms with Crippen LogP contribution in [0, 0.1) is 0 Å². The molecule has 2 rings (SSSR count). The topological polar surface area (TPSA) is 112 Å². The Labute approximate surface area is 110 Å². The average molecular weight is 278 g/mol. The van der Waals surface area contributed by atoms with Gasteiger partial charge in [-0.15, -0.1) is 0 Å². The van der Waals surface area contributed by atoms with E-state index in [-0.39, 0.29) is 25.1 Å². The molecule has 0 aromatic carbocycles. The molecule has 0 saturated carbocycles. The first-order valence-corrected chi connectivity index (χ1v) is 5.68. The summed E-state index contributed by atoms with van der Waals surface area (Å²) in [5.74, 6) is -1.64. The molecule has 2 aliphatic rings. The van der Waals surface area contributed by atoms with Gasteiger partial charge in [-0.3, -0.25) is 9.59 Å². The number of hydrogen-bond donors (Lipinski definition) is 2. The van der Waals surface area contributed by atoms with E-state index >= 15 is 0 Å². The van der Waals surface area contributed by atoms with E-state index in [0.717, 1.165) is 0 Å². The molecule has 0 bridgehead atoms. The number of carbonyl (C=O) groups is 2. The summed E-state index contributed by atoms with van der Waals surface area (Å²) in [6.07, 6.45) is -1.92. The molecule has 8 nitrogen and oxygen atoms in total. The van der Waals surface area contributed by atoms with Crippen LogP contribution >= 0.6 is 0 Å². The second kappa shape index (κ2) is 6.29. The molecule has 110 valence electrons. The van der Waals surface area contributed by atoms with E-state index in [1.807, 2.05) is 0 Å². The van der Waals surface area contributed by atoms with Gasteiger partial charge in [0.1, 0.15) is 18.3 Å². The van der Waals surface area contributed by atoms with Crippen LogP contribution in [0.25, 0.3) is 0 Å². The lowest BCUT2D eigenvalue weighted by molar-refractivity contribution is -0.228. The maximum absolute atomic E-state index is 10.7. The highest BCUT2D eigenvalue weighted by Crippen LogP contribution is 2.39. The fourth-order valence-corrected chi connectivity index (χ4v) is 2.17. The van der Waals surface area contributed by atoms with Gasteiger partial charge in [-0.2, -0.15) is 0 Å². The fraction of sp³-hybridized carbons (Fsp3) is 0.818. The van der Waals surface area contributed by atoms with Gasteiger partial charge in [0.25, 0.3) is 6.47 Å². The van der Waals surface area contributed by atoms with Crippen molar-refractivity contribution < 1.29 is 38.7 Å². The number of methoxy groups -OCH3 is 1. The van der Waals surface area contributed by atoms with E-state index in [0.29, 0.717) is 0 Å². The molecule has 4 atom stereocenters. The van der Waals surface area contributed by atoms with Gasteiger partial charge < -0.3 is 29.2 Å². The third kappa shape index (κ3) is 3.87. The molecular formula is C11H18O8. The van der Waals surface area contributed by atoms with E-state index in [9.17, 15) is 4.79 Å². The van der Waals surface area contributed by atoms with Crippen molar-refractivity contribution in [3.63, 3.8) is 0 Å². The Morgan fingerprint density at radius 2 is 1.89 bits per heavy atom. The number of carboxylic acid groups (broad SMARTS) is 2. The first-order chi connectivity index (χ1) is 8.84. The van der Waals surface area contributed by atoms with Crippen LogP contribution in [0.5, 0.6) is 0 Å². The van der Waals surface area contributed by atoms with Gasteiger partial charge in [-0.25, -0.2) is 0 Å². The zero-order chi connectivity index (χ0) is 14.6. The summed E-state index contributed by atoms with van der Waals surface area (Å²) in [6.45, 7) is 3.33. The number of aliphatic carboxylic acids is 1. The summed E-state index contributed by atoms with van der Waals surface area (Å²) >= 11 is 0. The van der Waals surface area contributed by atoms with E-state index in [1.54, 1.807) is 13.8 Å². The molecule has 0 aromatic rings. The van der Waals surface area contributed by atoms with Crippen LogP contribution in [-0.4, -0.2) is 60.2 Å². The lowest BCUT2D eigenvalue weighted by Crippen LogP contribution is -2.31. The van der Waals surface area contributed by atoms with E-state index in [4.69, 9.17) is 34.0 Å². The minimum Gasteiger partial charge on any atom is -0.483 e. The normalized spacial score (nSPS) is 35.1. The molecule has 2 N–H and O–H groups in total. The third-order valence-corrected chi connectivity index (χ3v) is 2.72. The van der Waals surface area contributed by atoms with Crippen molar-refractivity contribution in [2.45, 2.75) is 50.7 Å². The predicted octanol–water partition coefficient (Wildman–Crippen LogP) is 0.0533. The largest absolute Gasteiger partial charge is 0.483 e. The molecule has 2 heterocycles. The minimum atomic E-state index is -0.922. The smallest absolute Gasteiger partial charge is 0.306 e. The molecule has 0 aromatic heterocycles. The number of rotatable bonds is 3. The fourth-order valence-electron chi connectivity index (χ4n) is 2.17. The SMILES string of the molecule is COC1O[C@H](CC(=O)O)[C@H]2OC(C)(C)O[C@@H]12.O=CO. The van der Waals surface area contributed by atoms with Crippen LogP contribution in [0.15, 0.2) is 0 Å². The Morgan fingerprint density at radius 1 is 1.37 bits per heavy atom. The van der Waals surface area contributed by atoms with Gasteiger partial charge in [-0.05, 0) is 13.8 Å². The Balaban J connectivity index is 0.000000550. The van der Waals surface area contributed by atoms with E-state index < -0.39 is 24.2 Å². The molecule has 0 aliphatic carbocycles. The van der Waals surface area contributed by atoms with Crippen molar-refractivity contribution in [1.82, 2.24) is 0 Å². The first-order valence-electron chi connectivity index (χ1n) is 5.68. The van der Waals surface area contributed by atoms with Crippen LogP contribution in [0.4, 0.5) is 0 Å². The van der Waals surface area contributed by atoms with Gasteiger partial charge in [-0.1, -0.05) is 0 Å². The second-order valence-corrected chi connectivity index (χ2v) is 4.55. The summed E-state index contributed by atoms with van der Waals surface area (Å²) in [4.78, 5) is 19.0. The van der Waals surface area contributed by atoms with Gasteiger partial charge in [0.15, 0.2) is 12.1 Å². The highest BCUT2D eigenvalue weighted by molar-refractivity contribution is 5.67. The number of carboxylic acids is 1. The van der Waals surface area contributed by atoms with Crippen LogP contribution in [0.1, 0.15) is 20.3 Å². The Hall–Kier alpha value is -1.22. The zero-order valence-electron chi connectivity index (χ0n) is 10.9. The number of hydrogen-bond acceptors (Lipinski definition) is 6. The summed E-state index contributed by atoms with van der Waals surface area (Å²) in [7, 11) is 1.50. The van der Waals surface area contributed by atoms with Crippen molar-refractivity contribution in [2.75, 3.05) is 7.11 Å².